The van der Waals surface area contributed by atoms with Gasteiger partial charge in [-0.3, -0.25) is 0 Å². The van der Waals surface area contributed by atoms with Crippen LogP contribution < -0.4 is 0 Å². The quantitative estimate of drug-likeness (QED) is 0.293. The molecule has 1 heterocycles. The van der Waals surface area contributed by atoms with Gasteiger partial charge in [-0.25, -0.2) is 13.9 Å². The molecule has 0 radical (unpaired) electrons. The Morgan fingerprint density at radius 2 is 1.71 bits per heavy atom. The number of benzene rings is 1. The Bertz CT molecular complexity index is 1070. The highest BCUT2D eigenvalue weighted by Crippen LogP contribution is 2.44. The van der Waals surface area contributed by atoms with Crippen molar-refractivity contribution >= 4 is 30.3 Å². The maximum Gasteiger partial charge on any atom is 0.516 e. The van der Waals surface area contributed by atoms with Crippen molar-refractivity contribution in [2.75, 3.05) is 7.11 Å². The number of methoxy groups -OCH3 is 1. The van der Waals surface area contributed by atoms with Gasteiger partial charge in [-0.05, 0) is 23.7 Å². The predicted molar refractivity (Wildman–Crippen MR) is 124 cm³/mol. The van der Waals surface area contributed by atoms with Gasteiger partial charge in [0.15, 0.2) is 14.4 Å². The van der Waals surface area contributed by atoms with Gasteiger partial charge in [-0.15, -0.1) is 0 Å². The number of hydrogen-bond donors (Lipinski definition) is 0. The molecule has 1 saturated heterocycles. The molecule has 8 nitrogen and oxygen atoms in total. The van der Waals surface area contributed by atoms with Gasteiger partial charge in [0.05, 0.1) is 13.2 Å². The molecule has 0 saturated carbocycles. The molecule has 0 amide bonds. The minimum Gasteiger partial charge on any atom is -0.467 e. The molecule has 1 aliphatic heterocycles. The van der Waals surface area contributed by atoms with Gasteiger partial charge in [0.1, 0.15) is 6.61 Å². The SMILES string of the molecule is COC(=O)[C@@H]1[C@H](O[Si](C)(C)C(C)(C)C)C/C(=C\C(=O)OCc2ccccc2)N1S(=O)(=O)C(F)(F)F. The first-order valence-electron chi connectivity index (χ1n) is 10.7. The minimum absolute atomic E-state index is 0.111. The lowest BCUT2D eigenvalue weighted by Crippen LogP contribution is -2.53. The third-order valence-corrected chi connectivity index (χ3v) is 12.1. The van der Waals surface area contributed by atoms with Crippen molar-refractivity contribution < 1.29 is 45.1 Å². The van der Waals surface area contributed by atoms with Gasteiger partial charge < -0.3 is 13.9 Å². The van der Waals surface area contributed by atoms with Crippen molar-refractivity contribution in [2.45, 2.75) is 69.6 Å². The number of halogens is 3. The highest BCUT2D eigenvalue weighted by atomic mass is 32.2. The van der Waals surface area contributed by atoms with Crippen molar-refractivity contribution in [2.24, 2.45) is 0 Å². The van der Waals surface area contributed by atoms with Gasteiger partial charge in [-0.1, -0.05) is 51.1 Å². The molecule has 0 bridgehead atoms. The van der Waals surface area contributed by atoms with E-state index in [1.807, 2.05) is 20.8 Å². The van der Waals surface area contributed by atoms with Crippen LogP contribution >= 0.6 is 0 Å². The van der Waals surface area contributed by atoms with Gasteiger partial charge in [-0.2, -0.15) is 21.6 Å². The van der Waals surface area contributed by atoms with E-state index >= 15 is 0 Å². The van der Waals surface area contributed by atoms with Crippen LogP contribution in [0.25, 0.3) is 0 Å². The summed E-state index contributed by atoms with van der Waals surface area (Å²) in [6.45, 7) is 9.06. The normalized spacial score (nSPS) is 20.7. The fourth-order valence-electron chi connectivity index (χ4n) is 3.21. The van der Waals surface area contributed by atoms with Gasteiger partial charge >= 0.3 is 27.5 Å². The zero-order valence-electron chi connectivity index (χ0n) is 20.4. The first kappa shape index (κ1) is 28.9. The fourth-order valence-corrected chi connectivity index (χ4v) is 5.71. The number of carbonyl (C=O) groups is 2. The summed E-state index contributed by atoms with van der Waals surface area (Å²) in [4.78, 5) is 25.0. The van der Waals surface area contributed by atoms with Gasteiger partial charge in [0, 0.05) is 18.2 Å². The molecule has 1 fully saturated rings. The second kappa shape index (κ2) is 10.3. The Morgan fingerprint density at radius 1 is 1.14 bits per heavy atom. The van der Waals surface area contributed by atoms with E-state index in [0.717, 1.165) is 7.11 Å². The number of ether oxygens (including phenoxy) is 2. The predicted octanol–water partition coefficient (Wildman–Crippen LogP) is 4.10. The lowest BCUT2D eigenvalue weighted by Gasteiger charge is -2.39. The number of hydrogen-bond acceptors (Lipinski definition) is 7. The standard InChI is InChI=1S/C22H30F3NO7SSi/c1-21(2,3)35(5,6)33-17-12-16(13-18(27)32-14-15-10-8-7-9-11-15)26(19(17)20(28)31-4)34(29,30)22(23,24)25/h7-11,13,17,19H,12,14H2,1-6H3/b16-13+/t17-,19+/m1/s1. The molecule has 2 rings (SSSR count). The van der Waals surface area contributed by atoms with Crippen LogP contribution in [0.2, 0.25) is 18.1 Å². The van der Waals surface area contributed by atoms with E-state index in [4.69, 9.17) is 9.16 Å². The molecule has 1 aromatic carbocycles. The number of carbonyl (C=O) groups excluding carboxylic acids is 2. The molecule has 196 valence electrons. The van der Waals surface area contributed by atoms with Crippen LogP contribution in [-0.4, -0.2) is 57.7 Å². The van der Waals surface area contributed by atoms with E-state index in [1.165, 1.54) is 0 Å². The smallest absolute Gasteiger partial charge is 0.467 e. The van der Waals surface area contributed by atoms with Crippen molar-refractivity contribution in [1.29, 1.82) is 0 Å². The number of alkyl halides is 3. The summed E-state index contributed by atoms with van der Waals surface area (Å²) >= 11 is 0. The number of nitrogens with zero attached hydrogens (tertiary/aromatic N) is 1. The van der Waals surface area contributed by atoms with Crippen LogP contribution in [0.5, 0.6) is 0 Å². The summed E-state index contributed by atoms with van der Waals surface area (Å²) in [5, 5.41) is -0.400. The molecule has 0 spiro atoms. The van der Waals surface area contributed by atoms with Gasteiger partial charge in [0.25, 0.3) is 0 Å². The highest BCUT2D eigenvalue weighted by molar-refractivity contribution is 7.90. The highest BCUT2D eigenvalue weighted by Gasteiger charge is 2.60. The summed E-state index contributed by atoms with van der Waals surface area (Å²) < 4.78 is 81.6. The topological polar surface area (TPSA) is 99.2 Å². The average molecular weight is 538 g/mol. The molecule has 35 heavy (non-hydrogen) atoms. The monoisotopic (exact) mass is 537 g/mol. The molecule has 2 atom stereocenters. The van der Waals surface area contributed by atoms with Crippen LogP contribution in [0.4, 0.5) is 13.2 Å². The van der Waals surface area contributed by atoms with E-state index in [1.54, 1.807) is 43.4 Å². The van der Waals surface area contributed by atoms with Crippen LogP contribution in [0.1, 0.15) is 32.8 Å². The number of sulfonamides is 1. The van der Waals surface area contributed by atoms with Crippen molar-refractivity contribution in [1.82, 2.24) is 4.31 Å². The molecule has 1 aliphatic rings. The maximum atomic E-state index is 13.6. The molecule has 0 aliphatic carbocycles. The minimum atomic E-state index is -6.07. The molecule has 1 aromatic rings. The van der Waals surface area contributed by atoms with E-state index in [2.05, 4.69) is 4.74 Å². The average Bonchev–Trinajstić information content (AvgIpc) is 3.08. The van der Waals surface area contributed by atoms with Crippen LogP contribution in [0.15, 0.2) is 42.1 Å². The van der Waals surface area contributed by atoms with E-state index < -0.39 is 65.1 Å². The molecule has 0 aromatic heterocycles. The van der Waals surface area contributed by atoms with Crippen LogP contribution in [0, 0.1) is 0 Å². The third kappa shape index (κ3) is 6.44. The number of esters is 2. The zero-order chi connectivity index (χ0) is 26.8. The largest absolute Gasteiger partial charge is 0.516 e. The van der Waals surface area contributed by atoms with Crippen molar-refractivity contribution in [3.63, 3.8) is 0 Å². The van der Waals surface area contributed by atoms with Crippen LogP contribution in [-0.2, 0) is 40.1 Å². The van der Waals surface area contributed by atoms with Crippen LogP contribution in [0.3, 0.4) is 0 Å². The van der Waals surface area contributed by atoms with E-state index in [0.29, 0.717) is 11.6 Å². The van der Waals surface area contributed by atoms with Gasteiger partial charge in [0.2, 0.25) is 0 Å². The Morgan fingerprint density at radius 3 is 2.20 bits per heavy atom. The first-order chi connectivity index (χ1) is 15.9. The first-order valence-corrected chi connectivity index (χ1v) is 15.0. The molecule has 13 heteroatoms. The van der Waals surface area contributed by atoms with Crippen molar-refractivity contribution in [3.05, 3.63) is 47.7 Å². The number of rotatable bonds is 7. The Labute approximate surface area is 204 Å². The van der Waals surface area contributed by atoms with E-state index in [9.17, 15) is 31.2 Å². The summed E-state index contributed by atoms with van der Waals surface area (Å²) in [5.74, 6) is -2.30. The molecule has 0 unspecified atom stereocenters. The zero-order valence-corrected chi connectivity index (χ0v) is 22.2. The lowest BCUT2D eigenvalue weighted by molar-refractivity contribution is -0.147. The molecular formula is C22H30F3NO7SSi. The van der Waals surface area contributed by atoms with Crippen molar-refractivity contribution in [3.8, 4) is 0 Å². The fraction of sp³-hybridized carbons (Fsp3) is 0.545. The maximum absolute atomic E-state index is 13.6. The Kier molecular flexibility index (Phi) is 8.50. The Hall–Kier alpha value is -2.38. The second-order valence-corrected chi connectivity index (χ2v) is 16.1. The molecule has 0 N–H and O–H groups in total. The third-order valence-electron chi connectivity index (χ3n) is 6.05. The Balaban J connectivity index is 2.51. The lowest BCUT2D eigenvalue weighted by atomic mass is 10.1. The molecular weight excluding hydrogens is 507 g/mol. The van der Waals surface area contributed by atoms with E-state index in [-0.39, 0.29) is 10.9 Å². The second-order valence-electron chi connectivity index (χ2n) is 9.56. The summed E-state index contributed by atoms with van der Waals surface area (Å²) in [5.41, 5.74) is -5.69. The summed E-state index contributed by atoms with van der Waals surface area (Å²) in [6, 6.07) is 6.55. The summed E-state index contributed by atoms with van der Waals surface area (Å²) in [7, 11) is -7.83. The summed E-state index contributed by atoms with van der Waals surface area (Å²) in [6.07, 6.45) is -1.09.